The second kappa shape index (κ2) is 7.94. The highest BCUT2D eigenvalue weighted by Gasteiger charge is 2.21. The molecule has 1 aliphatic heterocycles. The monoisotopic (exact) mass is 375 g/mol. The number of anilines is 2. The van der Waals surface area contributed by atoms with E-state index in [1.807, 2.05) is 62.4 Å². The van der Waals surface area contributed by atoms with E-state index >= 15 is 0 Å². The van der Waals surface area contributed by atoms with Gasteiger partial charge in [-0.15, -0.1) is 0 Å². The number of carbonyl (C=O) groups excluding carboxylic acids is 1. The Morgan fingerprint density at radius 3 is 2.25 bits per heavy atom. The molecule has 4 rings (SSSR count). The van der Waals surface area contributed by atoms with Gasteiger partial charge in [0.25, 0.3) is 0 Å². The lowest BCUT2D eigenvalue weighted by atomic mass is 10.2. The molecule has 2 heterocycles. The highest BCUT2D eigenvalue weighted by molar-refractivity contribution is 5.92. The zero-order chi connectivity index (χ0) is 19.5. The van der Waals surface area contributed by atoms with Crippen LogP contribution < -0.4 is 10.2 Å². The maximum atomic E-state index is 12.3. The largest absolute Gasteiger partial charge is 0.353 e. The summed E-state index contributed by atoms with van der Waals surface area (Å²) in [6.45, 7) is 7.79. The van der Waals surface area contributed by atoms with Crippen LogP contribution >= 0.6 is 0 Å². The van der Waals surface area contributed by atoms with E-state index in [4.69, 9.17) is 4.98 Å². The number of aromatic nitrogens is 2. The number of rotatable bonds is 4. The number of hydrogen-bond donors (Lipinski definition) is 1. The molecular formula is C22H25N5O. The zero-order valence-corrected chi connectivity index (χ0v) is 16.4. The van der Waals surface area contributed by atoms with Crippen LogP contribution in [0.3, 0.4) is 0 Å². The van der Waals surface area contributed by atoms with E-state index in [1.54, 1.807) is 0 Å². The number of para-hydroxylation sites is 2. The van der Waals surface area contributed by atoms with Crippen molar-refractivity contribution in [3.8, 4) is 0 Å². The summed E-state index contributed by atoms with van der Waals surface area (Å²) >= 11 is 0. The first kappa shape index (κ1) is 18.4. The summed E-state index contributed by atoms with van der Waals surface area (Å²) in [7, 11) is 0. The molecule has 1 saturated heterocycles. The SMILES string of the molecule is Cc1ccc(NC(=O)CN2CCN(c3nc4ccccc4nc3C)CC2)cc1. The summed E-state index contributed by atoms with van der Waals surface area (Å²) < 4.78 is 0. The Kier molecular flexibility index (Phi) is 5.21. The third-order valence-electron chi connectivity index (χ3n) is 5.09. The molecule has 1 amide bonds. The first-order chi connectivity index (χ1) is 13.6. The van der Waals surface area contributed by atoms with Gasteiger partial charge < -0.3 is 10.2 Å². The van der Waals surface area contributed by atoms with E-state index in [1.165, 1.54) is 5.56 Å². The molecule has 1 fully saturated rings. The van der Waals surface area contributed by atoms with E-state index in [9.17, 15) is 4.79 Å². The fourth-order valence-corrected chi connectivity index (χ4v) is 3.54. The number of fused-ring (bicyclic) bond motifs is 1. The molecule has 0 aliphatic carbocycles. The first-order valence-corrected chi connectivity index (χ1v) is 9.66. The molecule has 0 bridgehead atoms. The van der Waals surface area contributed by atoms with E-state index in [0.29, 0.717) is 6.54 Å². The fourth-order valence-electron chi connectivity index (χ4n) is 3.54. The first-order valence-electron chi connectivity index (χ1n) is 9.66. The molecule has 0 spiro atoms. The highest BCUT2D eigenvalue weighted by atomic mass is 16.2. The van der Waals surface area contributed by atoms with E-state index in [-0.39, 0.29) is 5.91 Å². The van der Waals surface area contributed by atoms with Crippen molar-refractivity contribution in [2.75, 3.05) is 42.9 Å². The minimum absolute atomic E-state index is 0.0268. The highest BCUT2D eigenvalue weighted by Crippen LogP contribution is 2.21. The predicted molar refractivity (Wildman–Crippen MR) is 113 cm³/mol. The molecule has 1 N–H and O–H groups in total. The van der Waals surface area contributed by atoms with Crippen molar-refractivity contribution in [3.05, 3.63) is 59.8 Å². The van der Waals surface area contributed by atoms with Crippen LogP contribution in [-0.2, 0) is 4.79 Å². The third-order valence-corrected chi connectivity index (χ3v) is 5.09. The van der Waals surface area contributed by atoms with Gasteiger partial charge in [0.1, 0.15) is 0 Å². The number of amides is 1. The van der Waals surface area contributed by atoms with E-state index in [2.05, 4.69) is 20.1 Å². The lowest BCUT2D eigenvalue weighted by Crippen LogP contribution is -2.49. The Balaban J connectivity index is 1.35. The number of aryl methyl sites for hydroxylation is 2. The third kappa shape index (κ3) is 4.12. The number of piperazine rings is 1. The average molecular weight is 375 g/mol. The van der Waals surface area contributed by atoms with Gasteiger partial charge in [-0.25, -0.2) is 9.97 Å². The van der Waals surface area contributed by atoms with Crippen LogP contribution in [0.1, 0.15) is 11.3 Å². The van der Waals surface area contributed by atoms with E-state index < -0.39 is 0 Å². The van der Waals surface area contributed by atoms with Crippen molar-refractivity contribution >= 4 is 28.4 Å². The van der Waals surface area contributed by atoms with Crippen molar-refractivity contribution in [3.63, 3.8) is 0 Å². The van der Waals surface area contributed by atoms with Crippen LogP contribution in [0.2, 0.25) is 0 Å². The molecular weight excluding hydrogens is 350 g/mol. The number of hydrogen-bond acceptors (Lipinski definition) is 5. The van der Waals surface area contributed by atoms with Gasteiger partial charge in [0, 0.05) is 31.9 Å². The zero-order valence-electron chi connectivity index (χ0n) is 16.4. The summed E-state index contributed by atoms with van der Waals surface area (Å²) in [5.41, 5.74) is 4.82. The van der Waals surface area contributed by atoms with Gasteiger partial charge in [0.05, 0.1) is 23.3 Å². The van der Waals surface area contributed by atoms with Crippen molar-refractivity contribution in [1.82, 2.24) is 14.9 Å². The normalized spacial score (nSPS) is 15.0. The Bertz CT molecular complexity index is 978. The standard InChI is InChI=1S/C22H25N5O/c1-16-7-9-18(10-8-16)24-21(28)15-26-11-13-27(14-12-26)22-17(2)23-19-5-3-4-6-20(19)25-22/h3-10H,11-15H2,1-2H3,(H,24,28). The minimum atomic E-state index is 0.0268. The lowest BCUT2D eigenvalue weighted by Gasteiger charge is -2.35. The molecule has 6 heteroatoms. The number of carbonyl (C=O) groups is 1. The molecule has 0 saturated carbocycles. The van der Waals surface area contributed by atoms with Crippen molar-refractivity contribution < 1.29 is 4.79 Å². The molecule has 1 aliphatic rings. The number of nitrogens with zero attached hydrogens (tertiary/aromatic N) is 4. The van der Waals surface area contributed by atoms with E-state index in [0.717, 1.165) is 54.4 Å². The predicted octanol–water partition coefficient (Wildman–Crippen LogP) is 3.01. The molecule has 6 nitrogen and oxygen atoms in total. The van der Waals surface area contributed by atoms with Gasteiger partial charge in [-0.1, -0.05) is 29.8 Å². The van der Waals surface area contributed by atoms with Crippen molar-refractivity contribution in [1.29, 1.82) is 0 Å². The van der Waals surface area contributed by atoms with Crippen LogP contribution in [0, 0.1) is 13.8 Å². The molecule has 1 aromatic heterocycles. The number of nitrogens with one attached hydrogen (secondary N) is 1. The Hall–Kier alpha value is -2.99. The van der Waals surface area contributed by atoms with Crippen molar-refractivity contribution in [2.24, 2.45) is 0 Å². The molecule has 144 valence electrons. The second-order valence-corrected chi connectivity index (χ2v) is 7.30. The van der Waals surface area contributed by atoms with Crippen molar-refractivity contribution in [2.45, 2.75) is 13.8 Å². The smallest absolute Gasteiger partial charge is 0.238 e. The fraction of sp³-hybridized carbons (Fsp3) is 0.318. The van der Waals surface area contributed by atoms with Gasteiger partial charge in [0.15, 0.2) is 5.82 Å². The van der Waals surface area contributed by atoms with Gasteiger partial charge in [-0.3, -0.25) is 9.69 Å². The second-order valence-electron chi connectivity index (χ2n) is 7.30. The van der Waals surface area contributed by atoms with Gasteiger partial charge in [-0.05, 0) is 38.1 Å². The summed E-state index contributed by atoms with van der Waals surface area (Å²) in [5.74, 6) is 0.974. The van der Waals surface area contributed by atoms with Crippen LogP contribution in [0.15, 0.2) is 48.5 Å². The summed E-state index contributed by atoms with van der Waals surface area (Å²) in [6, 6.07) is 15.8. The quantitative estimate of drug-likeness (QED) is 0.760. The summed E-state index contributed by atoms with van der Waals surface area (Å²) in [6.07, 6.45) is 0. The van der Waals surface area contributed by atoms with Crippen LogP contribution in [0.4, 0.5) is 11.5 Å². The van der Waals surface area contributed by atoms with Crippen LogP contribution in [0.5, 0.6) is 0 Å². The Labute approximate surface area is 165 Å². The molecule has 28 heavy (non-hydrogen) atoms. The average Bonchev–Trinajstić information content (AvgIpc) is 2.70. The summed E-state index contributed by atoms with van der Waals surface area (Å²) in [4.78, 5) is 26.3. The molecule has 0 unspecified atom stereocenters. The topological polar surface area (TPSA) is 61.4 Å². The minimum Gasteiger partial charge on any atom is -0.353 e. The maximum Gasteiger partial charge on any atom is 0.238 e. The van der Waals surface area contributed by atoms with Crippen LogP contribution in [-0.4, -0.2) is 53.5 Å². The van der Waals surface area contributed by atoms with Gasteiger partial charge in [-0.2, -0.15) is 0 Å². The molecule has 2 aromatic carbocycles. The maximum absolute atomic E-state index is 12.3. The Morgan fingerprint density at radius 2 is 1.57 bits per heavy atom. The van der Waals surface area contributed by atoms with Gasteiger partial charge in [0.2, 0.25) is 5.91 Å². The molecule has 3 aromatic rings. The molecule has 0 radical (unpaired) electrons. The van der Waals surface area contributed by atoms with Gasteiger partial charge >= 0.3 is 0 Å². The molecule has 0 atom stereocenters. The summed E-state index contributed by atoms with van der Waals surface area (Å²) in [5, 5.41) is 2.97. The van der Waals surface area contributed by atoms with Crippen LogP contribution in [0.25, 0.3) is 11.0 Å². The lowest BCUT2D eigenvalue weighted by molar-refractivity contribution is -0.117. The Morgan fingerprint density at radius 1 is 0.929 bits per heavy atom. The number of benzene rings is 2.